The predicted octanol–water partition coefficient (Wildman–Crippen LogP) is 2.32. The van der Waals surface area contributed by atoms with Crippen LogP contribution in [0.15, 0.2) is 47.4 Å². The summed E-state index contributed by atoms with van der Waals surface area (Å²) in [6, 6.07) is 12.3. The number of aliphatic carboxylic acids is 1. The van der Waals surface area contributed by atoms with Crippen LogP contribution in [-0.4, -0.2) is 79.1 Å². The van der Waals surface area contributed by atoms with Crippen molar-refractivity contribution in [3.63, 3.8) is 0 Å². The minimum atomic E-state index is -0.829. The predicted molar refractivity (Wildman–Crippen MR) is 131 cm³/mol. The van der Waals surface area contributed by atoms with Gasteiger partial charge in [0.25, 0.3) is 5.56 Å². The van der Waals surface area contributed by atoms with E-state index in [0.717, 1.165) is 64.1 Å². The van der Waals surface area contributed by atoms with E-state index < -0.39 is 5.97 Å². The van der Waals surface area contributed by atoms with E-state index in [0.29, 0.717) is 13.2 Å². The minimum Gasteiger partial charge on any atom is -0.481 e. The van der Waals surface area contributed by atoms with Crippen molar-refractivity contribution in [2.24, 2.45) is 0 Å². The summed E-state index contributed by atoms with van der Waals surface area (Å²) in [6.07, 6.45) is 5.45. The third-order valence-corrected chi connectivity index (χ3v) is 6.86. The molecule has 0 amide bonds. The van der Waals surface area contributed by atoms with Crippen molar-refractivity contribution in [3.05, 3.63) is 64.1 Å². The number of benzene rings is 1. The molecule has 1 aromatic carbocycles. The van der Waals surface area contributed by atoms with Crippen molar-refractivity contribution in [1.29, 1.82) is 0 Å². The summed E-state index contributed by atoms with van der Waals surface area (Å²) in [7, 11) is 0. The van der Waals surface area contributed by atoms with Gasteiger partial charge in [-0.2, -0.15) is 0 Å². The first-order valence-corrected chi connectivity index (χ1v) is 12.2. The highest BCUT2D eigenvalue weighted by Gasteiger charge is 2.40. The first kappa shape index (κ1) is 24.4. The fourth-order valence-electron chi connectivity index (χ4n) is 4.88. The molecule has 0 saturated carbocycles. The number of aromatic amines is 1. The molecule has 2 saturated heterocycles. The molecule has 2 N–H and O–H groups in total. The number of likely N-dealkylation sites (tertiary alicyclic amines) is 1. The molecule has 2 aliphatic heterocycles. The summed E-state index contributed by atoms with van der Waals surface area (Å²) in [4.78, 5) is 30.2. The fourth-order valence-corrected chi connectivity index (χ4v) is 4.88. The van der Waals surface area contributed by atoms with Crippen LogP contribution in [0.2, 0.25) is 0 Å². The van der Waals surface area contributed by atoms with E-state index in [2.05, 4.69) is 39.0 Å². The number of hydrogen-bond acceptors (Lipinski definition) is 6. The number of morpholine rings is 1. The molecular formula is C26H35N3O5. The summed E-state index contributed by atoms with van der Waals surface area (Å²) in [5.41, 5.74) is 3.06. The van der Waals surface area contributed by atoms with Crippen LogP contribution in [0.1, 0.15) is 30.4 Å². The number of carbonyl (C=O) groups is 1. The largest absolute Gasteiger partial charge is 0.481 e. The zero-order valence-electron chi connectivity index (χ0n) is 19.7. The van der Waals surface area contributed by atoms with Gasteiger partial charge in [0.05, 0.1) is 31.8 Å². The van der Waals surface area contributed by atoms with Crippen LogP contribution in [0, 0.1) is 0 Å². The molecule has 4 rings (SSSR count). The van der Waals surface area contributed by atoms with Gasteiger partial charge in [-0.1, -0.05) is 24.3 Å². The zero-order chi connectivity index (χ0) is 23.8. The number of aromatic nitrogens is 1. The van der Waals surface area contributed by atoms with Gasteiger partial charge in [0.2, 0.25) is 0 Å². The number of hydrogen-bond donors (Lipinski definition) is 2. The SMILES string of the molecule is O=C(O)CCOCCc1cccc(CCN2CCC3(CC2)CN(c2ccc[nH]c2=O)CCO3)c1. The van der Waals surface area contributed by atoms with Gasteiger partial charge in [-0.25, -0.2) is 0 Å². The van der Waals surface area contributed by atoms with Crippen molar-refractivity contribution in [3.8, 4) is 0 Å². The standard InChI is InChI=1S/C26H35N3O5/c30-24(31)8-17-33-16-7-22-4-1-3-21(19-22)6-12-28-13-9-26(10-14-28)20-29(15-18-34-26)23-5-2-11-27-25(23)32/h1-5,11,19H,6-10,12-18,20H2,(H,27,32)(H,30,31). The molecule has 34 heavy (non-hydrogen) atoms. The van der Waals surface area contributed by atoms with Gasteiger partial charge in [0, 0.05) is 38.9 Å². The Morgan fingerprint density at radius 3 is 2.65 bits per heavy atom. The number of carboxylic acid groups (broad SMARTS) is 1. The van der Waals surface area contributed by atoms with Gasteiger partial charge >= 0.3 is 5.97 Å². The first-order chi connectivity index (χ1) is 16.5. The van der Waals surface area contributed by atoms with Crippen LogP contribution in [0.5, 0.6) is 0 Å². The fraction of sp³-hybridized carbons (Fsp3) is 0.538. The maximum Gasteiger partial charge on any atom is 0.305 e. The van der Waals surface area contributed by atoms with Crippen LogP contribution in [-0.2, 0) is 27.1 Å². The third-order valence-electron chi connectivity index (χ3n) is 6.86. The van der Waals surface area contributed by atoms with Crippen molar-refractivity contribution < 1.29 is 19.4 Å². The van der Waals surface area contributed by atoms with Gasteiger partial charge in [-0.05, 0) is 48.9 Å². The van der Waals surface area contributed by atoms with Crippen LogP contribution < -0.4 is 10.5 Å². The van der Waals surface area contributed by atoms with E-state index in [1.54, 1.807) is 6.20 Å². The first-order valence-electron chi connectivity index (χ1n) is 12.2. The van der Waals surface area contributed by atoms with Crippen LogP contribution in [0.4, 0.5) is 5.69 Å². The Kier molecular flexibility index (Phi) is 8.37. The highest BCUT2D eigenvalue weighted by Crippen LogP contribution is 2.31. The van der Waals surface area contributed by atoms with Crippen molar-refractivity contribution in [2.45, 2.75) is 37.7 Å². The molecule has 8 nitrogen and oxygen atoms in total. The Morgan fingerprint density at radius 2 is 1.88 bits per heavy atom. The highest BCUT2D eigenvalue weighted by molar-refractivity contribution is 5.66. The number of anilines is 1. The summed E-state index contributed by atoms with van der Waals surface area (Å²) in [5, 5.41) is 8.67. The number of nitrogens with one attached hydrogen (secondary N) is 1. The second-order valence-corrected chi connectivity index (χ2v) is 9.26. The summed E-state index contributed by atoms with van der Waals surface area (Å²) in [5.74, 6) is -0.829. The number of rotatable bonds is 10. The molecule has 2 aliphatic rings. The Labute approximate surface area is 200 Å². The number of H-pyrrole nitrogens is 1. The molecular weight excluding hydrogens is 434 g/mol. The summed E-state index contributed by atoms with van der Waals surface area (Å²) in [6.45, 7) is 5.97. The smallest absolute Gasteiger partial charge is 0.305 e. The molecule has 0 atom stereocenters. The van der Waals surface area contributed by atoms with Crippen molar-refractivity contribution in [1.82, 2.24) is 9.88 Å². The molecule has 0 unspecified atom stereocenters. The maximum absolute atomic E-state index is 12.2. The van der Waals surface area contributed by atoms with Crippen LogP contribution in [0.3, 0.4) is 0 Å². The molecule has 3 heterocycles. The van der Waals surface area contributed by atoms with E-state index in [1.165, 1.54) is 11.1 Å². The minimum absolute atomic E-state index is 0.0361. The second kappa shape index (κ2) is 11.6. The molecule has 0 aliphatic carbocycles. The number of pyridine rings is 1. The average molecular weight is 470 g/mol. The molecule has 1 aromatic heterocycles. The Morgan fingerprint density at radius 1 is 1.09 bits per heavy atom. The average Bonchev–Trinajstić information content (AvgIpc) is 2.84. The maximum atomic E-state index is 12.2. The Bertz CT molecular complexity index is 1000. The molecule has 0 radical (unpaired) electrons. The van der Waals surface area contributed by atoms with E-state index in [9.17, 15) is 9.59 Å². The summed E-state index contributed by atoms with van der Waals surface area (Å²) < 4.78 is 11.7. The molecule has 8 heteroatoms. The monoisotopic (exact) mass is 469 g/mol. The molecule has 1 spiro atoms. The topological polar surface area (TPSA) is 95.1 Å². The number of piperidine rings is 1. The van der Waals surface area contributed by atoms with E-state index >= 15 is 0 Å². The molecule has 0 bridgehead atoms. The van der Waals surface area contributed by atoms with Gasteiger partial charge in [-0.15, -0.1) is 0 Å². The quantitative estimate of drug-likeness (QED) is 0.516. The van der Waals surface area contributed by atoms with Gasteiger partial charge < -0.3 is 29.4 Å². The number of ether oxygens (including phenoxy) is 2. The molecule has 184 valence electrons. The van der Waals surface area contributed by atoms with E-state index in [4.69, 9.17) is 14.6 Å². The lowest BCUT2D eigenvalue weighted by atomic mass is 9.89. The van der Waals surface area contributed by atoms with Gasteiger partial charge in [0.1, 0.15) is 5.69 Å². The van der Waals surface area contributed by atoms with Gasteiger partial charge in [0.15, 0.2) is 0 Å². The van der Waals surface area contributed by atoms with Crippen LogP contribution >= 0.6 is 0 Å². The summed E-state index contributed by atoms with van der Waals surface area (Å²) >= 11 is 0. The van der Waals surface area contributed by atoms with Crippen molar-refractivity contribution >= 4 is 11.7 Å². The van der Waals surface area contributed by atoms with E-state index in [1.807, 2.05) is 12.1 Å². The lowest BCUT2D eigenvalue weighted by molar-refractivity contribution is -0.138. The number of carboxylic acids is 1. The van der Waals surface area contributed by atoms with Crippen LogP contribution in [0.25, 0.3) is 0 Å². The Hall–Kier alpha value is -2.68. The molecule has 2 fully saturated rings. The number of nitrogens with zero attached hydrogens (tertiary/aromatic N) is 2. The third kappa shape index (κ3) is 6.68. The molecule has 2 aromatic rings. The van der Waals surface area contributed by atoms with E-state index in [-0.39, 0.29) is 24.2 Å². The van der Waals surface area contributed by atoms with Gasteiger partial charge in [-0.3, -0.25) is 9.59 Å². The van der Waals surface area contributed by atoms with Crippen molar-refractivity contribution in [2.75, 3.05) is 57.4 Å². The normalized spacial score (nSPS) is 18.3. The highest BCUT2D eigenvalue weighted by atomic mass is 16.5. The lowest BCUT2D eigenvalue weighted by Gasteiger charge is -2.47. The second-order valence-electron chi connectivity index (χ2n) is 9.26. The Balaban J connectivity index is 1.22. The zero-order valence-corrected chi connectivity index (χ0v) is 19.7. The lowest BCUT2D eigenvalue weighted by Crippen LogP contribution is -2.57.